The zero-order chi connectivity index (χ0) is 16.0. The molecule has 2 aliphatic heterocycles. The highest BCUT2D eigenvalue weighted by atomic mass is 127. The fraction of sp³-hybridized carbons (Fsp3) is 0.944. The van der Waals surface area contributed by atoms with Crippen LogP contribution in [0.25, 0.3) is 0 Å². The number of hydrogen-bond donors (Lipinski definition) is 1. The van der Waals surface area contributed by atoms with Gasteiger partial charge in [-0.1, -0.05) is 12.8 Å². The van der Waals surface area contributed by atoms with Crippen molar-refractivity contribution in [2.24, 2.45) is 16.3 Å². The summed E-state index contributed by atoms with van der Waals surface area (Å²) in [5.74, 6) is 1.70. The van der Waals surface area contributed by atoms with Crippen molar-refractivity contribution in [3.8, 4) is 0 Å². The van der Waals surface area contributed by atoms with Gasteiger partial charge in [-0.25, -0.2) is 0 Å². The average Bonchev–Trinajstić information content (AvgIpc) is 3.31. The molecule has 1 aliphatic carbocycles. The number of aliphatic imine (C=N–C) groups is 1. The van der Waals surface area contributed by atoms with Crippen LogP contribution >= 0.6 is 24.0 Å². The van der Waals surface area contributed by atoms with Crippen LogP contribution in [0, 0.1) is 11.3 Å². The molecule has 0 amide bonds. The van der Waals surface area contributed by atoms with Gasteiger partial charge in [-0.15, -0.1) is 24.0 Å². The second-order valence-electron chi connectivity index (χ2n) is 7.51. The van der Waals surface area contributed by atoms with Crippen molar-refractivity contribution in [2.75, 3.05) is 53.1 Å². The Morgan fingerprint density at radius 3 is 2.88 bits per heavy atom. The minimum absolute atomic E-state index is 0. The summed E-state index contributed by atoms with van der Waals surface area (Å²) < 4.78 is 11.1. The maximum absolute atomic E-state index is 5.76. The van der Waals surface area contributed by atoms with E-state index in [0.717, 1.165) is 58.3 Å². The van der Waals surface area contributed by atoms with Crippen molar-refractivity contribution >= 4 is 29.9 Å². The van der Waals surface area contributed by atoms with Gasteiger partial charge in [-0.05, 0) is 37.5 Å². The molecule has 24 heavy (non-hydrogen) atoms. The molecular formula is C18H34IN3O2. The van der Waals surface area contributed by atoms with Gasteiger partial charge in [-0.2, -0.15) is 0 Å². The van der Waals surface area contributed by atoms with Crippen LogP contribution in [0.3, 0.4) is 0 Å². The van der Waals surface area contributed by atoms with Crippen molar-refractivity contribution < 1.29 is 9.47 Å². The molecule has 1 atom stereocenters. The molecule has 0 aromatic rings. The highest BCUT2D eigenvalue weighted by Gasteiger charge is 2.40. The molecule has 0 radical (unpaired) electrons. The van der Waals surface area contributed by atoms with E-state index in [0.29, 0.717) is 11.3 Å². The summed E-state index contributed by atoms with van der Waals surface area (Å²) >= 11 is 0. The van der Waals surface area contributed by atoms with Gasteiger partial charge in [0, 0.05) is 45.8 Å². The summed E-state index contributed by atoms with van der Waals surface area (Å²) in [5.41, 5.74) is 0.601. The van der Waals surface area contributed by atoms with Crippen molar-refractivity contribution in [1.29, 1.82) is 0 Å². The van der Waals surface area contributed by atoms with Gasteiger partial charge >= 0.3 is 0 Å². The van der Waals surface area contributed by atoms with Crippen LogP contribution in [0.1, 0.15) is 44.9 Å². The third-order valence-electron chi connectivity index (χ3n) is 5.74. The number of hydrogen-bond acceptors (Lipinski definition) is 3. The van der Waals surface area contributed by atoms with E-state index >= 15 is 0 Å². The second-order valence-corrected chi connectivity index (χ2v) is 7.51. The van der Waals surface area contributed by atoms with E-state index in [2.05, 4.69) is 15.2 Å². The number of guanidine groups is 1. The zero-order valence-corrected chi connectivity index (χ0v) is 17.4. The first-order valence-corrected chi connectivity index (χ1v) is 9.42. The molecule has 5 nitrogen and oxygen atoms in total. The van der Waals surface area contributed by atoms with Crippen molar-refractivity contribution in [2.45, 2.75) is 44.9 Å². The summed E-state index contributed by atoms with van der Waals surface area (Å²) in [6.45, 7) is 6.76. The molecule has 140 valence electrons. The first kappa shape index (κ1) is 20.2. The molecule has 1 N–H and O–H groups in total. The predicted molar refractivity (Wildman–Crippen MR) is 108 cm³/mol. The van der Waals surface area contributed by atoms with Gasteiger partial charge < -0.3 is 19.7 Å². The van der Waals surface area contributed by atoms with Gasteiger partial charge in [0.15, 0.2) is 5.96 Å². The van der Waals surface area contributed by atoms with E-state index in [4.69, 9.17) is 9.47 Å². The fourth-order valence-corrected chi connectivity index (χ4v) is 4.32. The van der Waals surface area contributed by atoms with Gasteiger partial charge in [0.05, 0.1) is 13.2 Å². The molecule has 6 heteroatoms. The lowest BCUT2D eigenvalue weighted by Crippen LogP contribution is -2.41. The fourth-order valence-electron chi connectivity index (χ4n) is 4.32. The van der Waals surface area contributed by atoms with E-state index in [-0.39, 0.29) is 24.0 Å². The lowest BCUT2D eigenvalue weighted by molar-refractivity contribution is 0.0887. The summed E-state index contributed by atoms with van der Waals surface area (Å²) in [6.07, 6.45) is 9.21. The first-order valence-electron chi connectivity index (χ1n) is 9.42. The molecule has 2 heterocycles. The number of nitrogens with zero attached hydrogens (tertiary/aromatic N) is 2. The Balaban J connectivity index is 0.00000208. The maximum atomic E-state index is 5.76. The lowest BCUT2D eigenvalue weighted by atomic mass is 9.86. The molecule has 3 fully saturated rings. The number of ether oxygens (including phenoxy) is 2. The number of rotatable bonds is 6. The van der Waals surface area contributed by atoms with E-state index in [1.54, 1.807) is 0 Å². The van der Waals surface area contributed by atoms with Crippen LogP contribution < -0.4 is 5.32 Å². The van der Waals surface area contributed by atoms with Crippen molar-refractivity contribution in [1.82, 2.24) is 10.2 Å². The van der Waals surface area contributed by atoms with E-state index in [9.17, 15) is 0 Å². The van der Waals surface area contributed by atoms with E-state index in [1.165, 1.54) is 38.6 Å². The van der Waals surface area contributed by atoms with Gasteiger partial charge in [0.25, 0.3) is 0 Å². The minimum Gasteiger partial charge on any atom is -0.381 e. The maximum Gasteiger partial charge on any atom is 0.193 e. The van der Waals surface area contributed by atoms with Crippen LogP contribution in [0.4, 0.5) is 0 Å². The summed E-state index contributed by atoms with van der Waals surface area (Å²) in [7, 11) is 1.90. The Morgan fingerprint density at radius 2 is 2.17 bits per heavy atom. The Kier molecular flexibility index (Phi) is 8.57. The molecule has 0 aromatic carbocycles. The summed E-state index contributed by atoms with van der Waals surface area (Å²) in [4.78, 5) is 6.94. The molecule has 3 aliphatic rings. The van der Waals surface area contributed by atoms with Gasteiger partial charge in [0.2, 0.25) is 0 Å². The average molecular weight is 451 g/mol. The number of likely N-dealkylation sites (tertiary alicyclic amines) is 1. The molecular weight excluding hydrogens is 417 g/mol. The van der Waals surface area contributed by atoms with Crippen LogP contribution in [-0.4, -0.2) is 64.0 Å². The first-order chi connectivity index (χ1) is 11.3. The Morgan fingerprint density at radius 1 is 1.33 bits per heavy atom. The third-order valence-corrected chi connectivity index (χ3v) is 5.74. The van der Waals surface area contributed by atoms with Crippen LogP contribution in [0.2, 0.25) is 0 Å². The van der Waals surface area contributed by atoms with E-state index in [1.807, 2.05) is 7.05 Å². The van der Waals surface area contributed by atoms with Crippen LogP contribution in [0.15, 0.2) is 4.99 Å². The largest absolute Gasteiger partial charge is 0.381 e. The van der Waals surface area contributed by atoms with Crippen LogP contribution in [-0.2, 0) is 9.47 Å². The Hall–Kier alpha value is -0.0800. The summed E-state index contributed by atoms with van der Waals surface area (Å²) in [5, 5.41) is 3.52. The molecule has 1 saturated carbocycles. The topological polar surface area (TPSA) is 46.1 Å². The van der Waals surface area contributed by atoms with Crippen LogP contribution in [0.5, 0.6) is 0 Å². The standard InChI is InChI=1S/C18H33N3O2.HI/c1-19-17(21-10-8-18(15-21)6-2-3-7-18)20-9-4-11-22-13-16-5-12-23-14-16;/h16H,2-15H2,1H3,(H,19,20);1H. The Labute approximate surface area is 164 Å². The quantitative estimate of drug-likeness (QED) is 0.292. The molecule has 1 spiro atoms. The highest BCUT2D eigenvalue weighted by molar-refractivity contribution is 14.0. The smallest absolute Gasteiger partial charge is 0.193 e. The third kappa shape index (κ3) is 5.46. The van der Waals surface area contributed by atoms with Crippen molar-refractivity contribution in [3.63, 3.8) is 0 Å². The normalized spacial score (nSPS) is 26.1. The van der Waals surface area contributed by atoms with Crippen molar-refractivity contribution in [3.05, 3.63) is 0 Å². The number of nitrogens with one attached hydrogen (secondary N) is 1. The molecule has 1 unspecified atom stereocenters. The zero-order valence-electron chi connectivity index (χ0n) is 15.1. The SMILES string of the molecule is CN=C(NCCCOCC1CCOC1)N1CCC2(CCCC2)C1.I. The summed E-state index contributed by atoms with van der Waals surface area (Å²) in [6, 6.07) is 0. The second kappa shape index (κ2) is 10.2. The van der Waals surface area contributed by atoms with Gasteiger partial charge in [-0.3, -0.25) is 4.99 Å². The van der Waals surface area contributed by atoms with Gasteiger partial charge in [0.1, 0.15) is 0 Å². The molecule has 0 aromatic heterocycles. The number of halogens is 1. The monoisotopic (exact) mass is 451 g/mol. The minimum atomic E-state index is 0. The lowest BCUT2D eigenvalue weighted by Gasteiger charge is -2.25. The predicted octanol–water partition coefficient (Wildman–Crippen LogP) is 2.89. The highest BCUT2D eigenvalue weighted by Crippen LogP contribution is 2.45. The van der Waals surface area contributed by atoms with E-state index < -0.39 is 0 Å². The molecule has 2 saturated heterocycles. The Bertz CT molecular complexity index is 394. The molecule has 0 bridgehead atoms. The molecule has 3 rings (SSSR count).